The van der Waals surface area contributed by atoms with Crippen molar-refractivity contribution in [3.05, 3.63) is 17.0 Å². The molecule has 1 rings (SSSR count). The molecule has 1 atom stereocenters. The van der Waals surface area contributed by atoms with Gasteiger partial charge in [0.15, 0.2) is 0 Å². The molecule has 0 aromatic carbocycles. The van der Waals surface area contributed by atoms with Gasteiger partial charge in [0.2, 0.25) is 5.91 Å². The Bertz CT molecular complexity index is 441. The number of rotatable bonds is 5. The largest absolute Gasteiger partial charge is 0.361 e. The van der Waals surface area contributed by atoms with Gasteiger partial charge in [-0.3, -0.25) is 4.79 Å². The molecule has 5 heteroatoms. The van der Waals surface area contributed by atoms with Crippen molar-refractivity contribution in [3.63, 3.8) is 0 Å². The molecule has 5 nitrogen and oxygen atoms in total. The summed E-state index contributed by atoms with van der Waals surface area (Å²) < 4.78 is 5.11. The Morgan fingerprint density at radius 3 is 2.45 bits per heavy atom. The van der Waals surface area contributed by atoms with Crippen LogP contribution in [0.4, 0.5) is 0 Å². The fraction of sp³-hybridized carbons (Fsp3) is 0.733. The summed E-state index contributed by atoms with van der Waals surface area (Å²) in [7, 11) is 1.79. The highest BCUT2D eigenvalue weighted by Crippen LogP contribution is 2.21. The van der Waals surface area contributed by atoms with Crippen molar-refractivity contribution in [2.45, 2.75) is 60.0 Å². The maximum absolute atomic E-state index is 12.2. The number of carbonyl (C=O) groups is 1. The van der Waals surface area contributed by atoms with Crippen molar-refractivity contribution >= 4 is 5.91 Å². The van der Waals surface area contributed by atoms with Gasteiger partial charge in [-0.25, -0.2) is 0 Å². The van der Waals surface area contributed by atoms with E-state index in [4.69, 9.17) is 10.3 Å². The van der Waals surface area contributed by atoms with Crippen molar-refractivity contribution in [2.24, 2.45) is 11.1 Å². The van der Waals surface area contributed by atoms with Crippen LogP contribution in [0.2, 0.25) is 0 Å². The Labute approximate surface area is 121 Å². The van der Waals surface area contributed by atoms with Crippen LogP contribution in [-0.4, -0.2) is 29.1 Å². The van der Waals surface area contributed by atoms with Gasteiger partial charge in [-0.1, -0.05) is 25.9 Å². The molecule has 1 aromatic rings. The number of hydrogen-bond donors (Lipinski definition) is 1. The third kappa shape index (κ3) is 4.96. The molecule has 1 amide bonds. The summed E-state index contributed by atoms with van der Waals surface area (Å²) in [6.07, 6.45) is 1.20. The lowest BCUT2D eigenvalue weighted by Gasteiger charge is -2.24. The van der Waals surface area contributed by atoms with Crippen LogP contribution in [-0.2, 0) is 11.3 Å². The van der Waals surface area contributed by atoms with E-state index in [1.165, 1.54) is 0 Å². The quantitative estimate of drug-likeness (QED) is 0.899. The van der Waals surface area contributed by atoms with Crippen LogP contribution in [0.1, 0.15) is 50.6 Å². The fourth-order valence-electron chi connectivity index (χ4n) is 2.29. The second kappa shape index (κ2) is 6.39. The summed E-state index contributed by atoms with van der Waals surface area (Å²) in [6.45, 7) is 10.7. The van der Waals surface area contributed by atoms with Gasteiger partial charge in [0, 0.05) is 25.1 Å². The van der Waals surface area contributed by atoms with Gasteiger partial charge in [-0.15, -0.1) is 0 Å². The van der Waals surface area contributed by atoms with E-state index in [9.17, 15) is 4.79 Å². The Morgan fingerprint density at radius 2 is 2.00 bits per heavy atom. The minimum absolute atomic E-state index is 0.0572. The molecule has 0 bridgehead atoms. The molecule has 2 N–H and O–H groups in total. The molecular formula is C15H27N3O2. The lowest BCUT2D eigenvalue weighted by atomic mass is 9.87. The number of aromatic nitrogens is 1. The number of aryl methyl sites for hydroxylation is 2. The van der Waals surface area contributed by atoms with Crippen molar-refractivity contribution < 1.29 is 9.32 Å². The molecule has 0 radical (unpaired) electrons. The first-order valence-electron chi connectivity index (χ1n) is 7.01. The maximum atomic E-state index is 12.2. The first kappa shape index (κ1) is 16.7. The number of hydrogen-bond acceptors (Lipinski definition) is 4. The zero-order valence-electron chi connectivity index (χ0n) is 13.5. The van der Waals surface area contributed by atoms with Gasteiger partial charge >= 0.3 is 0 Å². The van der Waals surface area contributed by atoms with Gasteiger partial charge < -0.3 is 15.2 Å². The van der Waals surface area contributed by atoms with E-state index in [1.54, 1.807) is 11.9 Å². The summed E-state index contributed by atoms with van der Waals surface area (Å²) in [5.41, 5.74) is 8.00. The Balaban J connectivity index is 2.56. The average molecular weight is 281 g/mol. The minimum atomic E-state index is -0.102. The van der Waals surface area contributed by atoms with Crippen molar-refractivity contribution in [1.29, 1.82) is 0 Å². The van der Waals surface area contributed by atoms with Crippen LogP contribution in [0.15, 0.2) is 4.52 Å². The van der Waals surface area contributed by atoms with Crippen LogP contribution in [0.5, 0.6) is 0 Å². The first-order chi connectivity index (χ1) is 9.10. The monoisotopic (exact) mass is 281 g/mol. The predicted molar refractivity (Wildman–Crippen MR) is 79.1 cm³/mol. The predicted octanol–water partition coefficient (Wildman–Crippen LogP) is 2.40. The van der Waals surface area contributed by atoms with E-state index >= 15 is 0 Å². The number of nitrogens with zero attached hydrogens (tertiary/aromatic N) is 2. The highest BCUT2D eigenvalue weighted by atomic mass is 16.5. The highest BCUT2D eigenvalue weighted by molar-refractivity contribution is 5.76. The van der Waals surface area contributed by atoms with E-state index in [0.29, 0.717) is 13.0 Å². The summed E-state index contributed by atoms with van der Waals surface area (Å²) in [6, 6.07) is -0.102. The van der Waals surface area contributed by atoms with Crippen LogP contribution in [0, 0.1) is 19.3 Å². The lowest BCUT2D eigenvalue weighted by molar-refractivity contribution is -0.130. The Kier molecular flexibility index (Phi) is 5.34. The number of nitrogens with two attached hydrogens (primary N) is 1. The topological polar surface area (TPSA) is 72.4 Å². The fourth-order valence-corrected chi connectivity index (χ4v) is 2.29. The third-order valence-corrected chi connectivity index (χ3v) is 3.31. The summed E-state index contributed by atoms with van der Waals surface area (Å²) in [5.74, 6) is 0.822. The molecule has 20 heavy (non-hydrogen) atoms. The summed E-state index contributed by atoms with van der Waals surface area (Å²) >= 11 is 0. The van der Waals surface area contributed by atoms with Crippen molar-refractivity contribution in [3.8, 4) is 0 Å². The van der Waals surface area contributed by atoms with Crippen LogP contribution >= 0.6 is 0 Å². The van der Waals surface area contributed by atoms with E-state index in [1.807, 2.05) is 13.8 Å². The number of carbonyl (C=O) groups excluding carboxylic acids is 1. The maximum Gasteiger partial charge on any atom is 0.224 e. The molecule has 1 aromatic heterocycles. The van der Waals surface area contributed by atoms with Gasteiger partial charge in [-0.2, -0.15) is 0 Å². The van der Waals surface area contributed by atoms with E-state index in [0.717, 1.165) is 23.4 Å². The van der Waals surface area contributed by atoms with E-state index in [2.05, 4.69) is 25.9 Å². The zero-order chi connectivity index (χ0) is 15.5. The standard InChI is InChI=1S/C15H27N3O2/c1-10-13(11(2)20-17-10)9-18(6)14(19)7-12(16)8-15(3,4)5/h12H,7-9,16H2,1-6H3. The van der Waals surface area contributed by atoms with Gasteiger partial charge in [0.05, 0.1) is 12.2 Å². The van der Waals surface area contributed by atoms with Crippen molar-refractivity contribution in [2.75, 3.05) is 7.05 Å². The van der Waals surface area contributed by atoms with Crippen molar-refractivity contribution in [1.82, 2.24) is 10.1 Å². The smallest absolute Gasteiger partial charge is 0.224 e. The molecule has 114 valence electrons. The molecule has 0 aliphatic carbocycles. The minimum Gasteiger partial charge on any atom is -0.361 e. The summed E-state index contributed by atoms with van der Waals surface area (Å²) in [5, 5.41) is 3.90. The molecule has 1 heterocycles. The van der Waals surface area contributed by atoms with E-state index < -0.39 is 0 Å². The van der Waals surface area contributed by atoms with Crippen LogP contribution < -0.4 is 5.73 Å². The van der Waals surface area contributed by atoms with Gasteiger partial charge in [-0.05, 0) is 25.7 Å². The second-order valence-electron chi connectivity index (χ2n) is 6.78. The molecular weight excluding hydrogens is 254 g/mol. The molecule has 0 aliphatic heterocycles. The molecule has 0 spiro atoms. The summed E-state index contributed by atoms with van der Waals surface area (Å²) in [4.78, 5) is 13.9. The van der Waals surface area contributed by atoms with E-state index in [-0.39, 0.29) is 17.4 Å². The first-order valence-corrected chi connectivity index (χ1v) is 7.01. The van der Waals surface area contributed by atoms with Crippen LogP contribution in [0.3, 0.4) is 0 Å². The Hall–Kier alpha value is -1.36. The SMILES string of the molecule is Cc1noc(C)c1CN(C)C(=O)CC(N)CC(C)(C)C. The number of amides is 1. The van der Waals surface area contributed by atoms with Gasteiger partial charge in [0.1, 0.15) is 5.76 Å². The highest BCUT2D eigenvalue weighted by Gasteiger charge is 2.21. The Morgan fingerprint density at radius 1 is 1.40 bits per heavy atom. The second-order valence-corrected chi connectivity index (χ2v) is 6.78. The molecule has 0 aliphatic rings. The molecule has 1 unspecified atom stereocenters. The van der Waals surface area contributed by atoms with Gasteiger partial charge in [0.25, 0.3) is 0 Å². The van der Waals surface area contributed by atoms with Crippen LogP contribution in [0.25, 0.3) is 0 Å². The molecule has 0 saturated carbocycles. The lowest BCUT2D eigenvalue weighted by Crippen LogP contribution is -2.35. The normalized spacial score (nSPS) is 13.3. The average Bonchev–Trinajstić information content (AvgIpc) is 2.57. The molecule has 0 fully saturated rings. The third-order valence-electron chi connectivity index (χ3n) is 3.31. The molecule has 0 saturated heterocycles. The zero-order valence-corrected chi connectivity index (χ0v) is 13.5.